The van der Waals surface area contributed by atoms with Crippen molar-refractivity contribution >= 4 is 11.7 Å². The summed E-state index contributed by atoms with van der Waals surface area (Å²) in [4.78, 5) is 16.4. The lowest BCUT2D eigenvalue weighted by Crippen LogP contribution is -2.12. The van der Waals surface area contributed by atoms with Gasteiger partial charge in [-0.1, -0.05) is 12.1 Å². The van der Waals surface area contributed by atoms with Crippen molar-refractivity contribution in [1.29, 1.82) is 0 Å². The Bertz CT molecular complexity index is 765. The Hall–Kier alpha value is -2.95. The molecule has 0 saturated carbocycles. The van der Waals surface area contributed by atoms with Crippen molar-refractivity contribution in [3.63, 3.8) is 0 Å². The molecule has 0 fully saturated rings. The van der Waals surface area contributed by atoms with Crippen LogP contribution in [0, 0.1) is 6.92 Å². The van der Waals surface area contributed by atoms with Crippen molar-refractivity contribution in [1.82, 2.24) is 15.2 Å². The van der Waals surface area contributed by atoms with Gasteiger partial charge >= 0.3 is 0 Å². The van der Waals surface area contributed by atoms with Crippen LogP contribution in [0.25, 0.3) is 11.1 Å². The van der Waals surface area contributed by atoms with Crippen LogP contribution in [0.3, 0.4) is 0 Å². The molecule has 2 heterocycles. The van der Waals surface area contributed by atoms with Gasteiger partial charge in [0.05, 0.1) is 6.20 Å². The number of amides is 1. The van der Waals surface area contributed by atoms with E-state index in [4.69, 9.17) is 0 Å². The second kappa shape index (κ2) is 5.58. The summed E-state index contributed by atoms with van der Waals surface area (Å²) in [6.45, 7) is 1.96. The fraction of sp³-hybridized carbons (Fsp3) is 0.0625. The van der Waals surface area contributed by atoms with Gasteiger partial charge in [0, 0.05) is 23.5 Å². The number of pyridine rings is 1. The summed E-state index contributed by atoms with van der Waals surface area (Å²) in [5.41, 5.74) is 3.51. The molecular weight excluding hydrogens is 264 g/mol. The van der Waals surface area contributed by atoms with E-state index < -0.39 is 0 Å². The van der Waals surface area contributed by atoms with Crippen LogP contribution < -0.4 is 5.32 Å². The number of aryl methyl sites for hydroxylation is 1. The molecule has 1 aromatic carbocycles. The third-order valence-electron chi connectivity index (χ3n) is 3.11. The van der Waals surface area contributed by atoms with E-state index in [1.165, 1.54) is 0 Å². The average molecular weight is 278 g/mol. The summed E-state index contributed by atoms with van der Waals surface area (Å²) in [6, 6.07) is 11.1. The normalized spacial score (nSPS) is 10.3. The van der Waals surface area contributed by atoms with Crippen molar-refractivity contribution in [2.75, 3.05) is 5.32 Å². The molecule has 1 amide bonds. The lowest BCUT2D eigenvalue weighted by Gasteiger charge is -2.06. The predicted molar refractivity (Wildman–Crippen MR) is 81.0 cm³/mol. The Morgan fingerprint density at radius 2 is 2.10 bits per heavy atom. The summed E-state index contributed by atoms with van der Waals surface area (Å²) < 4.78 is 0. The largest absolute Gasteiger partial charge is 0.307 e. The highest BCUT2D eigenvalue weighted by molar-refractivity contribution is 6.04. The molecule has 5 nitrogen and oxygen atoms in total. The molecule has 104 valence electrons. The molecule has 0 unspecified atom stereocenters. The fourth-order valence-corrected chi connectivity index (χ4v) is 2.04. The Balaban J connectivity index is 1.83. The van der Waals surface area contributed by atoms with Crippen LogP contribution in [-0.2, 0) is 0 Å². The Kier molecular flexibility index (Phi) is 3.47. The van der Waals surface area contributed by atoms with Gasteiger partial charge in [-0.05, 0) is 42.3 Å². The molecule has 0 spiro atoms. The van der Waals surface area contributed by atoms with Crippen LogP contribution in [0.15, 0.2) is 55.0 Å². The smallest absolute Gasteiger partial charge is 0.256 e. The molecular formula is C16H14N4O. The number of rotatable bonds is 3. The highest BCUT2D eigenvalue weighted by Crippen LogP contribution is 2.19. The summed E-state index contributed by atoms with van der Waals surface area (Å²) in [7, 11) is 0. The number of benzene rings is 1. The van der Waals surface area contributed by atoms with Gasteiger partial charge in [0.15, 0.2) is 0 Å². The number of nitrogens with one attached hydrogen (secondary N) is 2. The minimum atomic E-state index is -0.182. The molecule has 2 aromatic heterocycles. The minimum Gasteiger partial charge on any atom is -0.307 e. The topological polar surface area (TPSA) is 70.7 Å². The monoisotopic (exact) mass is 278 g/mol. The van der Waals surface area contributed by atoms with Crippen molar-refractivity contribution in [2.45, 2.75) is 6.92 Å². The zero-order valence-corrected chi connectivity index (χ0v) is 11.5. The van der Waals surface area contributed by atoms with E-state index in [0.717, 1.165) is 16.7 Å². The molecule has 0 radical (unpaired) electrons. The molecule has 5 heteroatoms. The number of aromatic amines is 1. The van der Waals surface area contributed by atoms with Crippen molar-refractivity contribution in [3.8, 4) is 11.1 Å². The number of nitrogens with zero attached hydrogens (tertiary/aromatic N) is 2. The molecule has 0 aliphatic carbocycles. The van der Waals surface area contributed by atoms with Gasteiger partial charge in [-0.2, -0.15) is 5.10 Å². The molecule has 0 aliphatic heterocycles. The molecule has 0 atom stereocenters. The third-order valence-corrected chi connectivity index (χ3v) is 3.11. The van der Waals surface area contributed by atoms with E-state index in [1.807, 2.05) is 37.3 Å². The number of aromatic nitrogens is 3. The van der Waals surface area contributed by atoms with E-state index in [1.54, 1.807) is 24.7 Å². The number of carbonyl (C=O) groups excluding carboxylic acids is 1. The second-order valence-electron chi connectivity index (χ2n) is 4.74. The quantitative estimate of drug-likeness (QED) is 0.773. The van der Waals surface area contributed by atoms with E-state index in [2.05, 4.69) is 20.5 Å². The minimum absolute atomic E-state index is 0.182. The number of hydrogen-bond acceptors (Lipinski definition) is 3. The molecule has 2 N–H and O–H groups in total. The number of hydrogen-bond donors (Lipinski definition) is 2. The SMILES string of the molecule is Cc1ccnc(NC(=O)c2cccc(-c3cn[nH]c3)c2)c1. The fourth-order valence-electron chi connectivity index (χ4n) is 2.04. The first-order chi connectivity index (χ1) is 10.2. The maximum absolute atomic E-state index is 12.3. The van der Waals surface area contributed by atoms with Gasteiger partial charge in [-0.15, -0.1) is 0 Å². The molecule has 0 aliphatic rings. The van der Waals surface area contributed by atoms with E-state index in [0.29, 0.717) is 11.4 Å². The van der Waals surface area contributed by atoms with Gasteiger partial charge in [0.25, 0.3) is 5.91 Å². The van der Waals surface area contributed by atoms with Crippen LogP contribution in [-0.4, -0.2) is 21.1 Å². The van der Waals surface area contributed by atoms with Crippen LogP contribution in [0.4, 0.5) is 5.82 Å². The van der Waals surface area contributed by atoms with Crippen molar-refractivity contribution in [3.05, 3.63) is 66.1 Å². The summed E-state index contributed by atoms with van der Waals surface area (Å²) in [6.07, 6.45) is 5.19. The van der Waals surface area contributed by atoms with Crippen LogP contribution in [0.5, 0.6) is 0 Å². The lowest BCUT2D eigenvalue weighted by molar-refractivity contribution is 0.102. The van der Waals surface area contributed by atoms with E-state index in [-0.39, 0.29) is 5.91 Å². The first-order valence-corrected chi connectivity index (χ1v) is 6.55. The summed E-state index contributed by atoms with van der Waals surface area (Å²) >= 11 is 0. The Morgan fingerprint density at radius 1 is 1.19 bits per heavy atom. The van der Waals surface area contributed by atoms with E-state index >= 15 is 0 Å². The summed E-state index contributed by atoms with van der Waals surface area (Å²) in [5, 5.41) is 9.48. The third kappa shape index (κ3) is 2.97. The molecule has 3 aromatic rings. The molecule has 3 rings (SSSR count). The zero-order chi connectivity index (χ0) is 14.7. The van der Waals surface area contributed by atoms with Crippen molar-refractivity contribution < 1.29 is 4.79 Å². The second-order valence-corrected chi connectivity index (χ2v) is 4.74. The van der Waals surface area contributed by atoms with Crippen LogP contribution >= 0.6 is 0 Å². The zero-order valence-electron chi connectivity index (χ0n) is 11.5. The maximum atomic E-state index is 12.3. The molecule has 0 bridgehead atoms. The molecule has 21 heavy (non-hydrogen) atoms. The summed E-state index contributed by atoms with van der Waals surface area (Å²) in [5.74, 6) is 0.368. The van der Waals surface area contributed by atoms with Gasteiger partial charge in [-0.25, -0.2) is 4.98 Å². The Labute approximate surface area is 122 Å². The van der Waals surface area contributed by atoms with Gasteiger partial charge < -0.3 is 5.32 Å². The number of H-pyrrole nitrogens is 1. The molecule has 0 saturated heterocycles. The predicted octanol–water partition coefficient (Wildman–Crippen LogP) is 3.03. The Morgan fingerprint density at radius 3 is 2.86 bits per heavy atom. The van der Waals surface area contributed by atoms with Gasteiger partial charge in [-0.3, -0.25) is 9.89 Å². The van der Waals surface area contributed by atoms with Crippen molar-refractivity contribution in [2.24, 2.45) is 0 Å². The first-order valence-electron chi connectivity index (χ1n) is 6.55. The van der Waals surface area contributed by atoms with Crippen LogP contribution in [0.2, 0.25) is 0 Å². The maximum Gasteiger partial charge on any atom is 0.256 e. The van der Waals surface area contributed by atoms with Crippen LogP contribution in [0.1, 0.15) is 15.9 Å². The standard InChI is InChI=1S/C16H14N4O/c1-11-5-6-17-15(7-11)20-16(21)13-4-2-3-12(8-13)14-9-18-19-10-14/h2-10H,1H3,(H,18,19)(H,17,20,21). The highest BCUT2D eigenvalue weighted by Gasteiger charge is 2.08. The number of carbonyl (C=O) groups is 1. The number of anilines is 1. The van der Waals surface area contributed by atoms with Gasteiger partial charge in [0.2, 0.25) is 0 Å². The lowest BCUT2D eigenvalue weighted by atomic mass is 10.1. The highest BCUT2D eigenvalue weighted by atomic mass is 16.1. The van der Waals surface area contributed by atoms with Gasteiger partial charge in [0.1, 0.15) is 5.82 Å². The first kappa shape index (κ1) is 13.1. The average Bonchev–Trinajstić information content (AvgIpc) is 3.02. The van der Waals surface area contributed by atoms with E-state index in [9.17, 15) is 4.79 Å².